The van der Waals surface area contributed by atoms with Crippen LogP contribution in [0.1, 0.15) is 49.7 Å². The molecule has 0 saturated heterocycles. The molecular weight excluding hydrogens is 416 g/mol. The van der Waals surface area contributed by atoms with Crippen molar-refractivity contribution in [2.75, 3.05) is 13.7 Å². The lowest BCUT2D eigenvalue weighted by molar-refractivity contribution is -0.125. The van der Waals surface area contributed by atoms with E-state index < -0.39 is 24.4 Å². The van der Waals surface area contributed by atoms with Crippen LogP contribution in [0.3, 0.4) is 0 Å². The molecule has 29 heavy (non-hydrogen) atoms. The Morgan fingerprint density at radius 1 is 1.10 bits per heavy atom. The molecule has 0 fully saturated rings. The predicted molar refractivity (Wildman–Crippen MR) is 109 cm³/mol. The number of fused-ring (bicyclic) bond motifs is 1. The van der Waals surface area contributed by atoms with Crippen LogP contribution in [0.15, 0.2) is 24.3 Å². The number of halogens is 1. The maximum Gasteiger partial charge on any atom is 0.348 e. The third-order valence-corrected chi connectivity index (χ3v) is 5.96. The van der Waals surface area contributed by atoms with E-state index in [0.29, 0.717) is 15.6 Å². The van der Waals surface area contributed by atoms with E-state index in [1.54, 1.807) is 12.1 Å². The Morgan fingerprint density at radius 3 is 2.69 bits per heavy atom. The largest absolute Gasteiger partial charge is 0.496 e. The highest BCUT2D eigenvalue weighted by Crippen LogP contribution is 2.29. The van der Waals surface area contributed by atoms with Gasteiger partial charge in [0.15, 0.2) is 6.61 Å². The van der Waals surface area contributed by atoms with E-state index >= 15 is 0 Å². The molecule has 1 heterocycles. The van der Waals surface area contributed by atoms with E-state index in [1.165, 1.54) is 41.4 Å². The first-order valence-electron chi connectivity index (χ1n) is 9.19. The molecule has 1 aromatic heterocycles. The van der Waals surface area contributed by atoms with Gasteiger partial charge in [-0.2, -0.15) is 0 Å². The van der Waals surface area contributed by atoms with Gasteiger partial charge >= 0.3 is 5.97 Å². The summed E-state index contributed by atoms with van der Waals surface area (Å²) in [6.45, 7) is -0.506. The van der Waals surface area contributed by atoms with Crippen LogP contribution in [0, 0.1) is 0 Å². The van der Waals surface area contributed by atoms with Gasteiger partial charge in [0.05, 0.1) is 12.7 Å². The summed E-state index contributed by atoms with van der Waals surface area (Å²) in [4.78, 5) is 38.1. The highest BCUT2D eigenvalue weighted by molar-refractivity contribution is 7.14. The lowest BCUT2D eigenvalue weighted by Crippen LogP contribution is -2.43. The molecular formula is C20H21ClN2O5S. The molecule has 2 N–H and O–H groups in total. The molecule has 0 bridgehead atoms. The second-order valence-electron chi connectivity index (χ2n) is 6.54. The topological polar surface area (TPSA) is 93.7 Å². The highest BCUT2D eigenvalue weighted by Gasteiger charge is 2.19. The number of carbonyl (C=O) groups excluding carboxylic acids is 3. The first-order chi connectivity index (χ1) is 14.0. The Balaban J connectivity index is 1.49. The van der Waals surface area contributed by atoms with Crippen molar-refractivity contribution in [3.8, 4) is 5.75 Å². The quantitative estimate of drug-likeness (QED) is 0.426. The second-order valence-corrected chi connectivity index (χ2v) is 8.12. The summed E-state index contributed by atoms with van der Waals surface area (Å²) >= 11 is 7.32. The Labute approximate surface area is 177 Å². The summed E-state index contributed by atoms with van der Waals surface area (Å²) in [5.41, 5.74) is 5.81. The standard InChI is InChI=1S/C20H21ClN2O5S/c1-27-15-8-7-13(21)10-14(15)19(25)23-22-18(24)11-28-20(26)17-9-12-5-3-2-4-6-16(12)29-17/h7-10H,2-6,11H2,1H3,(H,22,24)(H,23,25). The van der Waals surface area contributed by atoms with Crippen LogP contribution in [0.4, 0.5) is 0 Å². The van der Waals surface area contributed by atoms with Crippen LogP contribution in [0.25, 0.3) is 0 Å². The van der Waals surface area contributed by atoms with Crippen molar-refractivity contribution < 1.29 is 23.9 Å². The third-order valence-electron chi connectivity index (χ3n) is 4.50. The molecule has 2 amide bonds. The van der Waals surface area contributed by atoms with Crippen molar-refractivity contribution in [1.29, 1.82) is 0 Å². The highest BCUT2D eigenvalue weighted by atomic mass is 35.5. The van der Waals surface area contributed by atoms with Crippen molar-refractivity contribution >= 4 is 40.7 Å². The normalized spacial score (nSPS) is 13.0. The molecule has 0 saturated carbocycles. The number of carbonyl (C=O) groups is 3. The zero-order valence-corrected chi connectivity index (χ0v) is 17.5. The summed E-state index contributed by atoms with van der Waals surface area (Å²) in [6, 6.07) is 6.41. The number of ether oxygens (including phenoxy) is 2. The molecule has 0 spiro atoms. The molecule has 1 aliphatic rings. The number of amides is 2. The number of aryl methyl sites for hydroxylation is 2. The zero-order chi connectivity index (χ0) is 20.8. The van der Waals surface area contributed by atoms with E-state index in [0.717, 1.165) is 25.7 Å². The van der Waals surface area contributed by atoms with Gasteiger partial charge in [0.1, 0.15) is 10.6 Å². The van der Waals surface area contributed by atoms with Crippen LogP contribution < -0.4 is 15.6 Å². The Morgan fingerprint density at radius 2 is 1.90 bits per heavy atom. The maximum atomic E-state index is 12.2. The number of thiophene rings is 1. The van der Waals surface area contributed by atoms with Crippen LogP contribution in [0.5, 0.6) is 5.75 Å². The first-order valence-corrected chi connectivity index (χ1v) is 10.4. The Hall–Kier alpha value is -2.58. The minimum Gasteiger partial charge on any atom is -0.496 e. The smallest absolute Gasteiger partial charge is 0.348 e. The molecule has 9 heteroatoms. The van der Waals surface area contributed by atoms with Crippen LogP contribution >= 0.6 is 22.9 Å². The van der Waals surface area contributed by atoms with Gasteiger partial charge in [-0.3, -0.25) is 20.4 Å². The van der Waals surface area contributed by atoms with Gasteiger partial charge in [-0.15, -0.1) is 11.3 Å². The molecule has 0 atom stereocenters. The van der Waals surface area contributed by atoms with Gasteiger partial charge in [-0.25, -0.2) is 4.79 Å². The number of nitrogens with one attached hydrogen (secondary N) is 2. The number of benzene rings is 1. The fourth-order valence-corrected chi connectivity index (χ4v) is 4.38. The van der Waals surface area contributed by atoms with Gasteiger partial charge in [0, 0.05) is 9.90 Å². The van der Waals surface area contributed by atoms with Crippen molar-refractivity contribution in [3.05, 3.63) is 50.2 Å². The third kappa shape index (κ3) is 5.48. The Kier molecular flexibility index (Phi) is 7.11. The monoisotopic (exact) mass is 436 g/mol. The van der Waals surface area contributed by atoms with E-state index in [2.05, 4.69) is 10.9 Å². The number of hydrogen-bond donors (Lipinski definition) is 2. The van der Waals surface area contributed by atoms with Crippen LogP contribution in [-0.4, -0.2) is 31.5 Å². The summed E-state index contributed by atoms with van der Waals surface area (Å²) in [6.07, 6.45) is 5.40. The predicted octanol–water partition coefficient (Wildman–Crippen LogP) is 3.30. The molecule has 7 nitrogen and oxygen atoms in total. The summed E-state index contributed by atoms with van der Waals surface area (Å²) in [5.74, 6) is -1.50. The summed E-state index contributed by atoms with van der Waals surface area (Å²) in [5, 5.41) is 0.352. The number of rotatable bonds is 5. The average molecular weight is 437 g/mol. The number of hydrogen-bond acceptors (Lipinski definition) is 6. The van der Waals surface area contributed by atoms with Crippen molar-refractivity contribution in [1.82, 2.24) is 10.9 Å². The van der Waals surface area contributed by atoms with Crippen LogP contribution in [-0.2, 0) is 22.4 Å². The maximum absolute atomic E-state index is 12.2. The van der Waals surface area contributed by atoms with Gasteiger partial charge in [-0.1, -0.05) is 18.0 Å². The van der Waals surface area contributed by atoms with Crippen molar-refractivity contribution in [2.45, 2.75) is 32.1 Å². The zero-order valence-electron chi connectivity index (χ0n) is 15.9. The van der Waals surface area contributed by atoms with Gasteiger partial charge in [-0.05, 0) is 55.5 Å². The van der Waals surface area contributed by atoms with E-state index in [4.69, 9.17) is 21.1 Å². The fourth-order valence-electron chi connectivity index (χ4n) is 3.06. The molecule has 0 aliphatic heterocycles. The second kappa shape index (κ2) is 9.76. The Bertz CT molecular complexity index is 904. The van der Waals surface area contributed by atoms with Gasteiger partial charge in [0.25, 0.3) is 11.8 Å². The van der Waals surface area contributed by atoms with E-state index in [9.17, 15) is 14.4 Å². The fraction of sp³-hybridized carbons (Fsp3) is 0.350. The lowest BCUT2D eigenvalue weighted by Gasteiger charge is -2.10. The molecule has 154 valence electrons. The number of esters is 1. The SMILES string of the molecule is COc1ccc(Cl)cc1C(=O)NNC(=O)COC(=O)c1cc2c(s1)CCCCC2. The van der Waals surface area contributed by atoms with Crippen LogP contribution in [0.2, 0.25) is 5.02 Å². The summed E-state index contributed by atoms with van der Waals surface area (Å²) in [7, 11) is 1.42. The van der Waals surface area contributed by atoms with Gasteiger partial charge in [0.2, 0.25) is 0 Å². The minimum atomic E-state index is -0.661. The number of methoxy groups -OCH3 is 1. The average Bonchev–Trinajstić information content (AvgIpc) is 3.00. The van der Waals surface area contributed by atoms with E-state index in [-0.39, 0.29) is 5.56 Å². The van der Waals surface area contributed by atoms with Gasteiger partial charge < -0.3 is 9.47 Å². The van der Waals surface area contributed by atoms with E-state index in [1.807, 2.05) is 6.07 Å². The molecule has 3 rings (SSSR count). The first kappa shape index (κ1) is 21.1. The molecule has 0 radical (unpaired) electrons. The molecule has 2 aromatic rings. The molecule has 1 aromatic carbocycles. The number of hydrazine groups is 1. The lowest BCUT2D eigenvalue weighted by atomic mass is 10.1. The van der Waals surface area contributed by atoms with Crippen molar-refractivity contribution in [2.24, 2.45) is 0 Å². The summed E-state index contributed by atoms with van der Waals surface area (Å²) < 4.78 is 10.2. The molecule has 1 aliphatic carbocycles. The minimum absolute atomic E-state index is 0.164. The van der Waals surface area contributed by atoms with Crippen molar-refractivity contribution in [3.63, 3.8) is 0 Å². The molecule has 0 unspecified atom stereocenters.